The molecule has 1 saturated heterocycles. The van der Waals surface area contributed by atoms with Crippen molar-refractivity contribution in [2.24, 2.45) is 7.05 Å². The van der Waals surface area contributed by atoms with Crippen molar-refractivity contribution in [2.45, 2.75) is 31.8 Å². The van der Waals surface area contributed by atoms with Crippen LogP contribution < -0.4 is 44.8 Å². The minimum absolute atomic E-state index is 0. The maximum Gasteiger partial charge on any atom is 1.00 e. The van der Waals surface area contributed by atoms with Crippen molar-refractivity contribution in [2.75, 3.05) is 78.4 Å². The topological polar surface area (TPSA) is 193 Å². The van der Waals surface area contributed by atoms with Crippen LogP contribution in [0.15, 0.2) is 144 Å². The molecule has 0 unspecified atom stereocenters. The van der Waals surface area contributed by atoms with Crippen molar-refractivity contribution in [3.63, 3.8) is 0 Å². The Morgan fingerprint density at radius 3 is 1.75 bits per heavy atom. The molecule has 1 aliphatic rings. The van der Waals surface area contributed by atoms with E-state index >= 15 is 0 Å². The number of likely N-dealkylation sites (tertiary alicyclic amines) is 1. The van der Waals surface area contributed by atoms with Crippen LogP contribution >= 0.6 is 24.8 Å². The van der Waals surface area contributed by atoms with Gasteiger partial charge in [-0.15, -0.1) is 24.8 Å². The van der Waals surface area contributed by atoms with E-state index in [1.807, 2.05) is 37.2 Å². The van der Waals surface area contributed by atoms with E-state index in [1.165, 1.54) is 43.0 Å². The predicted molar refractivity (Wildman–Crippen MR) is 282 cm³/mol. The van der Waals surface area contributed by atoms with E-state index in [1.54, 1.807) is 140 Å². The Balaban J connectivity index is 0.000000371. The number of para-hydroxylation sites is 1. The Kier molecular flexibility index (Phi) is 26.9. The summed E-state index contributed by atoms with van der Waals surface area (Å²) in [6.45, 7) is 6.39. The Morgan fingerprint density at radius 2 is 1.25 bits per heavy atom. The van der Waals surface area contributed by atoms with Gasteiger partial charge >= 0.3 is 41.5 Å². The van der Waals surface area contributed by atoms with Crippen molar-refractivity contribution < 1.29 is 76.2 Å². The number of halogens is 2. The number of nitrogens with zero attached hydrogens (tertiary/aromatic N) is 5. The number of benzene rings is 5. The van der Waals surface area contributed by atoms with Gasteiger partial charge in [0.2, 0.25) is 5.60 Å². The van der Waals surface area contributed by atoms with E-state index in [2.05, 4.69) is 4.90 Å². The van der Waals surface area contributed by atoms with Crippen LogP contribution in [0.1, 0.15) is 62.4 Å². The summed E-state index contributed by atoms with van der Waals surface area (Å²) in [6, 6.07) is 40.4. The standard InChI is InChI=1S/C22H25NO4.C18H21NO3.C13H17N3O4S.2ClH.Na/c1-26-22(25)20-8-4-3-7-19(20)21(24)17-9-11-18(12-10-17)27-16-15-23-13-5-2-6-14-23;1-19(2)13-14-22-17(20)18(21,15-9-5-3-6-10-15)16-11-7-4-8-12-16;1-10-12(14(2)9-21(18,19)20)13(17)16(15(10)3)11-7-5-4-6-8-11;;;/h3-4,7-12H,2,5-6,13-16H2,1H3;3-12,21H,13-14H2,1-2H3;4-8H,9H2,1-3H3,(H,18,19,20);2*1H;/q;;;;;+1/p-1. The van der Waals surface area contributed by atoms with E-state index in [-0.39, 0.29) is 83.6 Å². The molecule has 0 saturated carbocycles. The van der Waals surface area contributed by atoms with Crippen molar-refractivity contribution in [3.05, 3.63) is 183 Å². The number of aromatic nitrogens is 2. The number of rotatable bonds is 17. The number of anilines is 1. The minimum atomic E-state index is -4.45. The minimum Gasteiger partial charge on any atom is -0.747 e. The second-order valence-corrected chi connectivity index (χ2v) is 18.2. The Hall–Kier alpha value is -5.31. The fraction of sp³-hybridized carbons (Fsp3) is 0.321. The first kappa shape index (κ1) is 63.8. The second kappa shape index (κ2) is 30.8. The number of hydrogen-bond donors (Lipinski definition) is 1. The molecule has 0 aliphatic carbocycles. The van der Waals surface area contributed by atoms with Gasteiger partial charge in [0.1, 0.15) is 40.6 Å². The first-order valence-corrected chi connectivity index (χ1v) is 24.3. The number of hydrogen-bond acceptors (Lipinski definition) is 14. The zero-order chi connectivity index (χ0) is 50.8. The van der Waals surface area contributed by atoms with Crippen LogP contribution in [-0.2, 0) is 37.0 Å². The summed E-state index contributed by atoms with van der Waals surface area (Å²) < 4.78 is 51.6. The van der Waals surface area contributed by atoms with Gasteiger partial charge in [0.25, 0.3) is 5.56 Å². The molecule has 388 valence electrons. The number of aliphatic hydroxyl groups is 1. The molecule has 2 heterocycles. The Bertz CT molecular complexity index is 2780. The molecule has 5 aromatic carbocycles. The van der Waals surface area contributed by atoms with Gasteiger partial charge in [-0.05, 0) is 101 Å². The molecule has 0 atom stereocenters. The largest absolute Gasteiger partial charge is 1.00 e. The van der Waals surface area contributed by atoms with Crippen LogP contribution in [0, 0.1) is 6.92 Å². The van der Waals surface area contributed by atoms with E-state index in [0.717, 1.165) is 25.4 Å². The van der Waals surface area contributed by atoms with Crippen LogP contribution in [-0.4, -0.2) is 128 Å². The number of ketones is 1. The molecule has 20 heteroatoms. The molecule has 1 fully saturated rings. The SMILES string of the molecule is CN(C)CCOC(=O)C(O)(c1ccccc1)c1ccccc1.COC(=O)c1ccccc1C(=O)c1ccc(OCCN2CCCCC2)cc1.Cc1c(N(C)CS(=O)(=O)[O-])c(=O)n(-c2ccccc2)n1C.Cl.Cl.[Na+]. The fourth-order valence-corrected chi connectivity index (χ4v) is 8.39. The summed E-state index contributed by atoms with van der Waals surface area (Å²) in [5, 5.41) is 11.1. The van der Waals surface area contributed by atoms with E-state index in [4.69, 9.17) is 14.2 Å². The average molecular weight is 1070 g/mol. The third-order valence-corrected chi connectivity index (χ3v) is 12.2. The molecule has 7 rings (SSSR count). The Morgan fingerprint density at radius 1 is 0.740 bits per heavy atom. The number of carbonyl (C=O) groups is 3. The van der Waals surface area contributed by atoms with E-state index in [0.29, 0.717) is 46.8 Å². The summed E-state index contributed by atoms with van der Waals surface area (Å²) in [4.78, 5) is 55.2. The number of likely N-dealkylation sites (N-methyl/N-ethyl adjacent to an activating group) is 1. The van der Waals surface area contributed by atoms with Gasteiger partial charge in [0.15, 0.2) is 5.78 Å². The van der Waals surface area contributed by atoms with Crippen molar-refractivity contribution >= 4 is 58.3 Å². The zero-order valence-electron chi connectivity index (χ0n) is 42.3. The fourth-order valence-electron chi connectivity index (χ4n) is 7.78. The maximum absolute atomic E-state index is 12.8. The molecule has 6 aromatic rings. The third-order valence-electron chi connectivity index (χ3n) is 11.5. The zero-order valence-corrected chi connectivity index (χ0v) is 46.8. The summed E-state index contributed by atoms with van der Waals surface area (Å²) in [5.41, 5.74) is 1.38. The summed E-state index contributed by atoms with van der Waals surface area (Å²) >= 11 is 0. The van der Waals surface area contributed by atoms with Crippen molar-refractivity contribution in [1.29, 1.82) is 0 Å². The van der Waals surface area contributed by atoms with Gasteiger partial charge in [0, 0.05) is 38.3 Å². The summed E-state index contributed by atoms with van der Waals surface area (Å²) in [7, 11) is 3.76. The monoisotopic (exact) mass is 1070 g/mol. The molecule has 16 nitrogen and oxygen atoms in total. The maximum atomic E-state index is 12.8. The normalized spacial score (nSPS) is 12.2. The smallest absolute Gasteiger partial charge is 0.747 e. The molecular weight excluding hydrogens is 1010 g/mol. The summed E-state index contributed by atoms with van der Waals surface area (Å²) in [6.07, 6.45) is 3.86. The van der Waals surface area contributed by atoms with Crippen LogP contribution in [0.25, 0.3) is 5.69 Å². The van der Waals surface area contributed by atoms with Crippen molar-refractivity contribution in [1.82, 2.24) is 19.2 Å². The number of piperidine rings is 1. The molecule has 0 amide bonds. The number of esters is 2. The molecule has 1 N–H and O–H groups in total. The average Bonchev–Trinajstić information content (AvgIpc) is 3.60. The van der Waals surface area contributed by atoms with Crippen LogP contribution in [0.5, 0.6) is 5.75 Å². The molecule has 0 spiro atoms. The molecule has 73 heavy (non-hydrogen) atoms. The van der Waals surface area contributed by atoms with Gasteiger partial charge in [-0.2, -0.15) is 0 Å². The van der Waals surface area contributed by atoms with Crippen LogP contribution in [0.3, 0.4) is 0 Å². The number of carbonyl (C=O) groups excluding carboxylic acids is 3. The van der Waals surface area contributed by atoms with E-state index in [9.17, 15) is 37.3 Å². The van der Waals surface area contributed by atoms with Gasteiger partial charge in [-0.25, -0.2) is 22.7 Å². The molecule has 0 radical (unpaired) electrons. The van der Waals surface area contributed by atoms with E-state index < -0.39 is 33.5 Å². The third kappa shape index (κ3) is 18.0. The molecule has 1 aromatic heterocycles. The predicted octanol–water partition coefficient (Wildman–Crippen LogP) is 3.87. The number of ether oxygens (including phenoxy) is 3. The van der Waals surface area contributed by atoms with Crippen LogP contribution in [0.2, 0.25) is 0 Å². The Labute approximate surface area is 462 Å². The van der Waals surface area contributed by atoms with Gasteiger partial charge in [-0.1, -0.05) is 103 Å². The van der Waals surface area contributed by atoms with Crippen molar-refractivity contribution in [3.8, 4) is 11.4 Å². The van der Waals surface area contributed by atoms with Gasteiger partial charge < -0.3 is 33.7 Å². The number of methoxy groups -OCH3 is 1. The second-order valence-electron chi connectivity index (χ2n) is 16.8. The van der Waals surface area contributed by atoms with Gasteiger partial charge in [-0.3, -0.25) is 19.2 Å². The quantitative estimate of drug-likeness (QED) is 0.0599. The molecule has 0 bridgehead atoms. The first-order valence-electron chi connectivity index (χ1n) is 22.8. The van der Waals surface area contributed by atoms with Crippen LogP contribution in [0.4, 0.5) is 5.69 Å². The first-order chi connectivity index (χ1) is 33.5. The molecule has 1 aliphatic heterocycles. The summed E-state index contributed by atoms with van der Waals surface area (Å²) in [5.74, 6) is -1.40. The van der Waals surface area contributed by atoms with Gasteiger partial charge in [0.05, 0.1) is 24.1 Å². The molecular formula is C53H64Cl2N5NaO11S.